The Morgan fingerprint density at radius 2 is 2.13 bits per heavy atom. The summed E-state index contributed by atoms with van der Waals surface area (Å²) < 4.78 is 12.5. The van der Waals surface area contributed by atoms with Crippen molar-refractivity contribution < 1.29 is 14.3 Å². The van der Waals surface area contributed by atoms with Gasteiger partial charge in [-0.1, -0.05) is 12.1 Å². The minimum Gasteiger partial charge on any atom is -0.454 e. The topological polar surface area (TPSA) is 64.9 Å². The molecule has 0 spiro atoms. The Hall–Kier alpha value is -3.02. The lowest BCUT2D eigenvalue weighted by Gasteiger charge is -2.05. The lowest BCUT2D eigenvalue weighted by atomic mass is 10.2. The minimum absolute atomic E-state index is 0.0638. The van der Waals surface area contributed by atoms with E-state index in [9.17, 15) is 4.79 Å². The second-order valence-corrected chi connectivity index (χ2v) is 5.34. The number of fused-ring (bicyclic) bond motifs is 2. The van der Waals surface area contributed by atoms with Crippen LogP contribution in [0.25, 0.3) is 5.65 Å². The predicted octanol–water partition coefficient (Wildman–Crippen LogP) is 1.92. The molecular formula is C17H15N3O3. The van der Waals surface area contributed by atoms with E-state index in [0.717, 1.165) is 28.4 Å². The average Bonchev–Trinajstić information content (AvgIpc) is 3.18. The number of hydrogen-bond acceptors (Lipinski definition) is 4. The van der Waals surface area contributed by atoms with E-state index in [-0.39, 0.29) is 19.1 Å². The van der Waals surface area contributed by atoms with Crippen molar-refractivity contribution in [2.75, 3.05) is 6.79 Å². The van der Waals surface area contributed by atoms with E-state index < -0.39 is 0 Å². The van der Waals surface area contributed by atoms with Crippen LogP contribution in [0.5, 0.6) is 11.5 Å². The zero-order chi connectivity index (χ0) is 15.6. The van der Waals surface area contributed by atoms with E-state index >= 15 is 0 Å². The van der Waals surface area contributed by atoms with Gasteiger partial charge in [0, 0.05) is 18.9 Å². The highest BCUT2D eigenvalue weighted by Crippen LogP contribution is 2.32. The smallest absolute Gasteiger partial charge is 0.231 e. The van der Waals surface area contributed by atoms with Gasteiger partial charge < -0.3 is 19.2 Å². The molecule has 116 valence electrons. The SMILES string of the molecule is O=C(Cc1cn2ccccc2n1)NCc1ccc2c(c1)OCO2. The maximum Gasteiger partial charge on any atom is 0.231 e. The summed E-state index contributed by atoms with van der Waals surface area (Å²) in [7, 11) is 0. The van der Waals surface area contributed by atoms with E-state index in [1.165, 1.54) is 0 Å². The van der Waals surface area contributed by atoms with Crippen LogP contribution in [0.1, 0.15) is 11.3 Å². The summed E-state index contributed by atoms with van der Waals surface area (Å²) in [4.78, 5) is 16.5. The number of pyridine rings is 1. The number of nitrogens with one attached hydrogen (secondary N) is 1. The first kappa shape index (κ1) is 13.6. The summed E-state index contributed by atoms with van der Waals surface area (Å²) in [6, 6.07) is 11.4. The van der Waals surface area contributed by atoms with Gasteiger partial charge in [-0.25, -0.2) is 4.98 Å². The fourth-order valence-electron chi connectivity index (χ4n) is 2.55. The Labute approximate surface area is 132 Å². The van der Waals surface area contributed by atoms with Crippen molar-refractivity contribution >= 4 is 11.6 Å². The fraction of sp³-hybridized carbons (Fsp3) is 0.176. The average molecular weight is 309 g/mol. The second-order valence-electron chi connectivity index (χ2n) is 5.34. The molecule has 0 saturated heterocycles. The van der Waals surface area contributed by atoms with Crippen LogP contribution in [0.3, 0.4) is 0 Å². The second kappa shape index (κ2) is 5.64. The number of carbonyl (C=O) groups excluding carboxylic acids is 1. The zero-order valence-electron chi connectivity index (χ0n) is 12.4. The zero-order valence-corrected chi connectivity index (χ0v) is 12.4. The van der Waals surface area contributed by atoms with E-state index in [1.807, 2.05) is 53.2 Å². The van der Waals surface area contributed by atoms with Crippen molar-refractivity contribution in [3.8, 4) is 11.5 Å². The van der Waals surface area contributed by atoms with Crippen LogP contribution in [0.15, 0.2) is 48.8 Å². The Morgan fingerprint density at radius 1 is 1.22 bits per heavy atom. The molecule has 0 radical (unpaired) electrons. The Morgan fingerprint density at radius 3 is 3.04 bits per heavy atom. The molecule has 3 aromatic rings. The highest BCUT2D eigenvalue weighted by Gasteiger charge is 2.13. The first-order valence-corrected chi connectivity index (χ1v) is 7.36. The van der Waals surface area contributed by atoms with Crippen LogP contribution >= 0.6 is 0 Å². The van der Waals surface area contributed by atoms with Gasteiger partial charge in [0.15, 0.2) is 11.5 Å². The highest BCUT2D eigenvalue weighted by molar-refractivity contribution is 5.78. The fourth-order valence-corrected chi connectivity index (χ4v) is 2.55. The molecule has 4 rings (SSSR count). The van der Waals surface area contributed by atoms with Gasteiger partial charge >= 0.3 is 0 Å². The monoisotopic (exact) mass is 309 g/mol. The third-order valence-electron chi connectivity index (χ3n) is 3.68. The molecule has 1 aromatic carbocycles. The molecule has 1 N–H and O–H groups in total. The quantitative estimate of drug-likeness (QED) is 0.800. The Balaban J connectivity index is 1.38. The summed E-state index contributed by atoms with van der Waals surface area (Å²) in [5, 5.41) is 2.90. The van der Waals surface area contributed by atoms with Gasteiger partial charge in [-0.15, -0.1) is 0 Å². The molecule has 0 saturated carbocycles. The number of aromatic nitrogens is 2. The summed E-state index contributed by atoms with van der Waals surface area (Å²) in [5.74, 6) is 1.40. The molecule has 2 aromatic heterocycles. The maximum absolute atomic E-state index is 12.1. The molecule has 23 heavy (non-hydrogen) atoms. The van der Waals surface area contributed by atoms with Gasteiger partial charge in [0.2, 0.25) is 12.7 Å². The lowest BCUT2D eigenvalue weighted by molar-refractivity contribution is -0.120. The molecule has 1 aliphatic heterocycles. The van der Waals surface area contributed by atoms with E-state index in [0.29, 0.717) is 6.54 Å². The van der Waals surface area contributed by atoms with Crippen molar-refractivity contribution in [3.63, 3.8) is 0 Å². The molecule has 0 fully saturated rings. The van der Waals surface area contributed by atoms with E-state index in [2.05, 4.69) is 10.3 Å². The largest absolute Gasteiger partial charge is 0.454 e. The summed E-state index contributed by atoms with van der Waals surface area (Å²) in [6.45, 7) is 0.696. The first-order valence-electron chi connectivity index (χ1n) is 7.36. The molecule has 0 bridgehead atoms. The molecule has 1 aliphatic rings. The van der Waals surface area contributed by atoms with Gasteiger partial charge in [0.05, 0.1) is 12.1 Å². The number of benzene rings is 1. The molecule has 6 nitrogen and oxygen atoms in total. The molecular weight excluding hydrogens is 294 g/mol. The Bertz CT molecular complexity index is 839. The molecule has 6 heteroatoms. The van der Waals surface area contributed by atoms with E-state index in [1.54, 1.807) is 0 Å². The number of carbonyl (C=O) groups is 1. The molecule has 1 amide bonds. The van der Waals surface area contributed by atoms with Gasteiger partial charge in [-0.05, 0) is 29.8 Å². The van der Waals surface area contributed by atoms with Crippen LogP contribution in [-0.4, -0.2) is 22.1 Å². The molecule has 0 unspecified atom stereocenters. The Kier molecular flexibility index (Phi) is 3.34. The standard InChI is InChI=1S/C17H15N3O3/c21-17(8-13-10-20-6-2-1-3-16(20)19-13)18-9-12-4-5-14-15(7-12)23-11-22-14/h1-7,10H,8-9,11H2,(H,18,21). The molecule has 0 aliphatic carbocycles. The van der Waals surface area contributed by atoms with Crippen molar-refractivity contribution in [1.82, 2.24) is 14.7 Å². The molecule has 0 atom stereocenters. The predicted molar refractivity (Wildman–Crippen MR) is 83.3 cm³/mol. The minimum atomic E-state index is -0.0638. The summed E-state index contributed by atoms with van der Waals surface area (Å²) >= 11 is 0. The van der Waals surface area contributed by atoms with Gasteiger partial charge in [0.25, 0.3) is 0 Å². The number of imidazole rings is 1. The summed E-state index contributed by atoms with van der Waals surface area (Å²) in [6.07, 6.45) is 4.04. The summed E-state index contributed by atoms with van der Waals surface area (Å²) in [5.41, 5.74) is 2.56. The van der Waals surface area contributed by atoms with Gasteiger partial charge in [-0.2, -0.15) is 0 Å². The van der Waals surface area contributed by atoms with Gasteiger partial charge in [0.1, 0.15) is 5.65 Å². The number of ether oxygens (including phenoxy) is 2. The van der Waals surface area contributed by atoms with Crippen LogP contribution in [0.4, 0.5) is 0 Å². The number of hydrogen-bond donors (Lipinski definition) is 1. The van der Waals surface area contributed by atoms with E-state index in [4.69, 9.17) is 9.47 Å². The lowest BCUT2D eigenvalue weighted by Crippen LogP contribution is -2.24. The van der Waals surface area contributed by atoms with Crippen molar-refractivity contribution in [1.29, 1.82) is 0 Å². The van der Waals surface area contributed by atoms with Crippen LogP contribution in [0.2, 0.25) is 0 Å². The third kappa shape index (κ3) is 2.83. The number of rotatable bonds is 4. The maximum atomic E-state index is 12.1. The first-order chi connectivity index (χ1) is 11.3. The van der Waals surface area contributed by atoms with Crippen molar-refractivity contribution in [2.24, 2.45) is 0 Å². The normalized spacial score (nSPS) is 12.5. The van der Waals surface area contributed by atoms with Crippen LogP contribution in [0, 0.1) is 0 Å². The van der Waals surface area contributed by atoms with Crippen molar-refractivity contribution in [2.45, 2.75) is 13.0 Å². The highest BCUT2D eigenvalue weighted by atomic mass is 16.7. The number of amides is 1. The van der Waals surface area contributed by atoms with Gasteiger partial charge in [-0.3, -0.25) is 4.79 Å². The molecule has 3 heterocycles. The number of nitrogens with zero attached hydrogens (tertiary/aromatic N) is 2. The van der Waals surface area contributed by atoms with Crippen LogP contribution in [-0.2, 0) is 17.8 Å². The van der Waals surface area contributed by atoms with Crippen molar-refractivity contribution in [3.05, 3.63) is 60.0 Å². The van der Waals surface area contributed by atoms with Crippen LogP contribution < -0.4 is 14.8 Å². The third-order valence-corrected chi connectivity index (χ3v) is 3.68.